The number of hydrogen-bond donors (Lipinski definition) is 1. The molecule has 0 bridgehead atoms. The quantitative estimate of drug-likeness (QED) is 0.906. The van der Waals surface area contributed by atoms with Gasteiger partial charge in [-0.05, 0) is 41.3 Å². The van der Waals surface area contributed by atoms with E-state index >= 15 is 0 Å². The first-order valence-electron chi connectivity index (χ1n) is 6.09. The molecular formula is C12H17BrN2O3S. The third-order valence-electron chi connectivity index (χ3n) is 3.25. The zero-order valence-electron chi connectivity index (χ0n) is 10.9. The molecule has 0 aromatic carbocycles. The van der Waals surface area contributed by atoms with Crippen LogP contribution in [0.1, 0.15) is 18.4 Å². The number of halogens is 1. The molecule has 1 N–H and O–H groups in total. The maximum Gasteiger partial charge on any atom is 0.228 e. The second-order valence-electron chi connectivity index (χ2n) is 4.72. The molecule has 1 fully saturated rings. The van der Waals surface area contributed by atoms with E-state index in [0.717, 1.165) is 22.1 Å². The van der Waals surface area contributed by atoms with Crippen molar-refractivity contribution in [2.45, 2.75) is 25.8 Å². The van der Waals surface area contributed by atoms with Crippen molar-refractivity contribution in [2.24, 2.45) is 0 Å². The number of nitrogens with zero attached hydrogens (tertiary/aromatic N) is 1. The standard InChI is InChI=1S/C12H17BrN2O3S/c1-8-10(6-14-12(18-2)11(8)13)15-9-4-3-5-19(16,17)7-9/h6,9,15H,3-5,7H2,1-2H3. The normalized spacial score (nSPS) is 21.9. The summed E-state index contributed by atoms with van der Waals surface area (Å²) in [5.41, 5.74) is 1.81. The molecule has 0 aliphatic carbocycles. The molecule has 0 saturated carbocycles. The molecule has 2 heterocycles. The van der Waals surface area contributed by atoms with Crippen molar-refractivity contribution in [3.05, 3.63) is 16.2 Å². The lowest BCUT2D eigenvalue weighted by molar-refractivity contribution is 0.394. The van der Waals surface area contributed by atoms with Gasteiger partial charge < -0.3 is 10.1 Å². The summed E-state index contributed by atoms with van der Waals surface area (Å²) < 4.78 is 29.1. The van der Waals surface area contributed by atoms with Gasteiger partial charge in [0.1, 0.15) is 0 Å². The topological polar surface area (TPSA) is 68.3 Å². The Morgan fingerprint density at radius 1 is 1.53 bits per heavy atom. The van der Waals surface area contributed by atoms with E-state index in [1.807, 2.05) is 6.92 Å². The summed E-state index contributed by atoms with van der Waals surface area (Å²) in [6, 6.07) is -0.0421. The highest BCUT2D eigenvalue weighted by Crippen LogP contribution is 2.31. The van der Waals surface area contributed by atoms with Crippen LogP contribution in [0.25, 0.3) is 0 Å². The summed E-state index contributed by atoms with van der Waals surface area (Å²) in [6.07, 6.45) is 3.26. The van der Waals surface area contributed by atoms with Gasteiger partial charge in [-0.1, -0.05) is 0 Å². The smallest absolute Gasteiger partial charge is 0.228 e. The summed E-state index contributed by atoms with van der Waals surface area (Å²) in [5, 5.41) is 3.27. The molecule has 1 atom stereocenters. The molecule has 2 rings (SSSR count). The first kappa shape index (κ1) is 14.6. The molecule has 1 saturated heterocycles. The van der Waals surface area contributed by atoms with Crippen molar-refractivity contribution in [1.29, 1.82) is 0 Å². The van der Waals surface area contributed by atoms with Gasteiger partial charge in [-0.2, -0.15) is 0 Å². The molecule has 1 aliphatic heterocycles. The minimum absolute atomic E-state index is 0.0421. The zero-order chi connectivity index (χ0) is 14.0. The van der Waals surface area contributed by atoms with Crippen LogP contribution in [0.2, 0.25) is 0 Å². The minimum Gasteiger partial charge on any atom is -0.480 e. The van der Waals surface area contributed by atoms with Gasteiger partial charge in [0.2, 0.25) is 5.88 Å². The fourth-order valence-electron chi connectivity index (χ4n) is 2.20. The summed E-state index contributed by atoms with van der Waals surface area (Å²) in [5.74, 6) is 1.02. The van der Waals surface area contributed by atoms with Crippen LogP contribution in [-0.2, 0) is 9.84 Å². The van der Waals surface area contributed by atoms with Crippen LogP contribution < -0.4 is 10.1 Å². The second-order valence-corrected chi connectivity index (χ2v) is 7.74. The van der Waals surface area contributed by atoms with E-state index < -0.39 is 9.84 Å². The van der Waals surface area contributed by atoms with Gasteiger partial charge in [0.05, 0.1) is 35.0 Å². The highest BCUT2D eigenvalue weighted by Gasteiger charge is 2.25. The lowest BCUT2D eigenvalue weighted by atomic mass is 10.1. The van der Waals surface area contributed by atoms with Crippen LogP contribution in [-0.4, -0.2) is 38.1 Å². The van der Waals surface area contributed by atoms with E-state index in [9.17, 15) is 8.42 Å². The molecule has 0 amide bonds. The molecule has 106 valence electrons. The van der Waals surface area contributed by atoms with Crippen LogP contribution in [0.3, 0.4) is 0 Å². The van der Waals surface area contributed by atoms with Gasteiger partial charge in [-0.15, -0.1) is 0 Å². The SMILES string of the molecule is COc1ncc(NC2CCCS(=O)(=O)C2)c(C)c1Br. The average molecular weight is 349 g/mol. The van der Waals surface area contributed by atoms with E-state index in [2.05, 4.69) is 26.2 Å². The number of ether oxygens (including phenoxy) is 1. The minimum atomic E-state index is -2.91. The lowest BCUT2D eigenvalue weighted by Gasteiger charge is -2.25. The Morgan fingerprint density at radius 2 is 2.26 bits per heavy atom. The third kappa shape index (κ3) is 3.39. The summed E-state index contributed by atoms with van der Waals surface area (Å²) in [6.45, 7) is 1.94. The van der Waals surface area contributed by atoms with Crippen molar-refractivity contribution in [2.75, 3.05) is 23.9 Å². The predicted molar refractivity (Wildman–Crippen MR) is 78.5 cm³/mol. The van der Waals surface area contributed by atoms with Gasteiger partial charge in [0.15, 0.2) is 9.84 Å². The molecule has 0 radical (unpaired) electrons. The number of aromatic nitrogens is 1. The fraction of sp³-hybridized carbons (Fsp3) is 0.583. The summed E-state index contributed by atoms with van der Waals surface area (Å²) >= 11 is 3.43. The molecule has 0 spiro atoms. The van der Waals surface area contributed by atoms with Gasteiger partial charge in [-0.25, -0.2) is 13.4 Å². The van der Waals surface area contributed by atoms with Crippen molar-refractivity contribution in [3.63, 3.8) is 0 Å². The predicted octanol–water partition coefficient (Wildman–Crippen LogP) is 2.15. The Kier molecular flexibility index (Phi) is 4.35. The molecule has 1 aromatic rings. The summed E-state index contributed by atoms with van der Waals surface area (Å²) in [4.78, 5) is 4.18. The van der Waals surface area contributed by atoms with Gasteiger partial charge in [0, 0.05) is 6.04 Å². The number of rotatable bonds is 3. The van der Waals surface area contributed by atoms with E-state index in [0.29, 0.717) is 18.1 Å². The van der Waals surface area contributed by atoms with Crippen LogP contribution in [0, 0.1) is 6.92 Å². The van der Waals surface area contributed by atoms with Gasteiger partial charge >= 0.3 is 0 Å². The zero-order valence-corrected chi connectivity index (χ0v) is 13.3. The van der Waals surface area contributed by atoms with Crippen LogP contribution in [0.4, 0.5) is 5.69 Å². The maximum absolute atomic E-state index is 11.6. The number of methoxy groups -OCH3 is 1. The van der Waals surface area contributed by atoms with E-state index in [-0.39, 0.29) is 11.8 Å². The van der Waals surface area contributed by atoms with Crippen LogP contribution in [0.15, 0.2) is 10.7 Å². The third-order valence-corrected chi connectivity index (χ3v) is 6.00. The highest BCUT2D eigenvalue weighted by molar-refractivity contribution is 9.10. The van der Waals surface area contributed by atoms with Gasteiger partial charge in [-0.3, -0.25) is 0 Å². The number of nitrogens with one attached hydrogen (secondary N) is 1. The van der Waals surface area contributed by atoms with Gasteiger partial charge in [0.25, 0.3) is 0 Å². The molecule has 1 aliphatic rings. The lowest BCUT2D eigenvalue weighted by Crippen LogP contribution is -2.35. The van der Waals surface area contributed by atoms with Crippen molar-refractivity contribution in [1.82, 2.24) is 4.98 Å². The maximum atomic E-state index is 11.6. The van der Waals surface area contributed by atoms with Crippen LogP contribution in [0.5, 0.6) is 5.88 Å². The Morgan fingerprint density at radius 3 is 2.89 bits per heavy atom. The fourth-order valence-corrected chi connectivity index (χ4v) is 4.31. The Balaban J connectivity index is 2.18. The van der Waals surface area contributed by atoms with Crippen LogP contribution >= 0.6 is 15.9 Å². The summed E-state index contributed by atoms with van der Waals surface area (Å²) in [7, 11) is -1.34. The Hall–Kier alpha value is -0.820. The molecule has 1 unspecified atom stereocenters. The van der Waals surface area contributed by atoms with E-state index in [1.54, 1.807) is 13.3 Å². The molecule has 7 heteroatoms. The monoisotopic (exact) mass is 348 g/mol. The highest BCUT2D eigenvalue weighted by atomic mass is 79.9. The largest absolute Gasteiger partial charge is 0.480 e. The van der Waals surface area contributed by atoms with E-state index in [4.69, 9.17) is 4.74 Å². The van der Waals surface area contributed by atoms with Crippen molar-refractivity contribution >= 4 is 31.5 Å². The second kappa shape index (κ2) is 5.66. The number of pyridine rings is 1. The Labute approximate surface area is 121 Å². The first-order valence-corrected chi connectivity index (χ1v) is 8.70. The first-order chi connectivity index (χ1) is 8.93. The Bertz CT molecular complexity index is 575. The molecular weight excluding hydrogens is 332 g/mol. The number of sulfone groups is 1. The molecule has 19 heavy (non-hydrogen) atoms. The van der Waals surface area contributed by atoms with Crippen molar-refractivity contribution in [3.8, 4) is 5.88 Å². The number of hydrogen-bond acceptors (Lipinski definition) is 5. The van der Waals surface area contributed by atoms with Crippen molar-refractivity contribution < 1.29 is 13.2 Å². The molecule has 5 nitrogen and oxygen atoms in total. The average Bonchev–Trinajstić information content (AvgIpc) is 2.34. The number of anilines is 1. The van der Waals surface area contributed by atoms with E-state index in [1.165, 1.54) is 0 Å². The molecule has 1 aromatic heterocycles.